The maximum Gasteiger partial charge on any atom is 0.250 e. The average Bonchev–Trinajstić information content (AvgIpc) is 2.40. The molecule has 1 heterocycles. The largest absolute Gasteiger partial charge is 0.374 e. The van der Waals surface area contributed by atoms with Crippen LogP contribution in [0.3, 0.4) is 0 Å². The van der Waals surface area contributed by atoms with Gasteiger partial charge in [0.25, 0.3) is 5.56 Å². The zero-order chi connectivity index (χ0) is 15.5. The Balaban J connectivity index is 2.21. The van der Waals surface area contributed by atoms with Crippen LogP contribution < -0.4 is 10.9 Å². The number of nitrogens with zero attached hydrogens (tertiary/aromatic N) is 1. The summed E-state index contributed by atoms with van der Waals surface area (Å²) < 4.78 is 7.69. The fourth-order valence-electron chi connectivity index (χ4n) is 3.01. The van der Waals surface area contributed by atoms with Crippen LogP contribution in [0.1, 0.15) is 57.8 Å². The Labute approximate surface area is 127 Å². The van der Waals surface area contributed by atoms with Crippen molar-refractivity contribution in [1.29, 1.82) is 0 Å². The molecule has 2 rings (SSSR count). The van der Waals surface area contributed by atoms with Crippen LogP contribution >= 0.6 is 0 Å². The Bertz CT molecular complexity index is 529. The van der Waals surface area contributed by atoms with Gasteiger partial charge in [-0.2, -0.15) is 0 Å². The van der Waals surface area contributed by atoms with Gasteiger partial charge >= 0.3 is 0 Å². The number of hydrogen-bond donors (Lipinski definition) is 1. The average molecular weight is 292 g/mol. The first-order chi connectivity index (χ1) is 9.92. The van der Waals surface area contributed by atoms with Crippen molar-refractivity contribution in [3.05, 3.63) is 33.7 Å². The molecule has 1 N–H and O–H groups in total. The molecule has 1 aromatic rings. The van der Waals surface area contributed by atoms with Crippen LogP contribution in [0.4, 0.5) is 0 Å². The van der Waals surface area contributed by atoms with Crippen LogP contribution in [0.2, 0.25) is 0 Å². The predicted octanol–water partition coefficient (Wildman–Crippen LogP) is 2.65. The third-order valence-corrected chi connectivity index (χ3v) is 3.91. The highest BCUT2D eigenvalue weighted by Crippen LogP contribution is 2.28. The summed E-state index contributed by atoms with van der Waals surface area (Å²) in [5.41, 5.74) is 2.41. The lowest BCUT2D eigenvalue weighted by Crippen LogP contribution is -2.33. The summed E-state index contributed by atoms with van der Waals surface area (Å²) in [7, 11) is 0. The Morgan fingerprint density at radius 3 is 2.81 bits per heavy atom. The minimum absolute atomic E-state index is 0.0865. The minimum Gasteiger partial charge on any atom is -0.374 e. The van der Waals surface area contributed by atoms with E-state index in [1.807, 2.05) is 31.4 Å². The third-order valence-electron chi connectivity index (χ3n) is 3.91. The van der Waals surface area contributed by atoms with Crippen LogP contribution in [0.15, 0.2) is 16.9 Å². The summed E-state index contributed by atoms with van der Waals surface area (Å²) in [5, 5.41) is 3.52. The zero-order valence-electron chi connectivity index (χ0n) is 13.7. The van der Waals surface area contributed by atoms with Gasteiger partial charge < -0.3 is 14.6 Å². The van der Waals surface area contributed by atoms with Gasteiger partial charge in [0.1, 0.15) is 0 Å². The molecule has 0 amide bonds. The molecule has 1 aromatic heterocycles. The van der Waals surface area contributed by atoms with Gasteiger partial charge in [-0.15, -0.1) is 0 Å². The molecule has 118 valence electrons. The fraction of sp³-hybridized carbons (Fsp3) is 0.706. The standard InChI is InChI=1S/C17H28N2O2/c1-5-18-14-7-6-8-15-13(14)9-10-16(20)19(15)11-12-21-17(2,3)4/h9-10,14,18H,5-8,11-12H2,1-4H3. The number of rotatable bonds is 5. The monoisotopic (exact) mass is 292 g/mol. The van der Waals surface area contributed by atoms with Gasteiger partial charge in [0, 0.05) is 24.3 Å². The lowest BCUT2D eigenvalue weighted by atomic mass is 9.91. The summed E-state index contributed by atoms with van der Waals surface area (Å²) in [5.74, 6) is 0. The second-order valence-corrected chi connectivity index (χ2v) is 6.69. The van der Waals surface area contributed by atoms with Crippen LogP contribution in [-0.2, 0) is 17.7 Å². The fourth-order valence-corrected chi connectivity index (χ4v) is 3.01. The van der Waals surface area contributed by atoms with E-state index < -0.39 is 0 Å². The van der Waals surface area contributed by atoms with E-state index in [1.54, 1.807) is 6.07 Å². The highest BCUT2D eigenvalue weighted by atomic mass is 16.5. The topological polar surface area (TPSA) is 43.3 Å². The van der Waals surface area contributed by atoms with Gasteiger partial charge in [0.2, 0.25) is 0 Å². The second kappa shape index (κ2) is 6.75. The second-order valence-electron chi connectivity index (χ2n) is 6.69. The molecule has 1 aliphatic rings. The summed E-state index contributed by atoms with van der Waals surface area (Å²) in [6.07, 6.45) is 3.27. The number of fused-ring (bicyclic) bond motifs is 1. The van der Waals surface area contributed by atoms with Crippen LogP contribution in [-0.4, -0.2) is 23.3 Å². The van der Waals surface area contributed by atoms with E-state index in [0.29, 0.717) is 19.2 Å². The van der Waals surface area contributed by atoms with Crippen molar-refractivity contribution >= 4 is 0 Å². The van der Waals surface area contributed by atoms with Gasteiger partial charge in [-0.3, -0.25) is 4.79 Å². The Kier molecular flexibility index (Phi) is 5.22. The maximum atomic E-state index is 12.2. The Morgan fingerprint density at radius 1 is 1.38 bits per heavy atom. The Morgan fingerprint density at radius 2 is 2.14 bits per heavy atom. The summed E-state index contributed by atoms with van der Waals surface area (Å²) in [6, 6.07) is 4.09. The smallest absolute Gasteiger partial charge is 0.250 e. The zero-order valence-corrected chi connectivity index (χ0v) is 13.7. The molecule has 1 aliphatic carbocycles. The molecule has 4 nitrogen and oxygen atoms in total. The van der Waals surface area contributed by atoms with Crippen LogP contribution in [0.25, 0.3) is 0 Å². The molecular formula is C17H28N2O2. The van der Waals surface area contributed by atoms with E-state index in [0.717, 1.165) is 25.8 Å². The number of nitrogens with one attached hydrogen (secondary N) is 1. The van der Waals surface area contributed by atoms with Crippen molar-refractivity contribution in [2.75, 3.05) is 13.2 Å². The van der Waals surface area contributed by atoms with E-state index in [-0.39, 0.29) is 11.2 Å². The van der Waals surface area contributed by atoms with E-state index >= 15 is 0 Å². The van der Waals surface area contributed by atoms with Gasteiger partial charge in [0.05, 0.1) is 12.2 Å². The molecule has 0 radical (unpaired) electrons. The van der Waals surface area contributed by atoms with Crippen molar-refractivity contribution in [1.82, 2.24) is 9.88 Å². The quantitative estimate of drug-likeness (QED) is 0.907. The molecular weight excluding hydrogens is 264 g/mol. The van der Waals surface area contributed by atoms with Crippen LogP contribution in [0, 0.1) is 0 Å². The van der Waals surface area contributed by atoms with Crippen molar-refractivity contribution < 1.29 is 4.74 Å². The summed E-state index contributed by atoms with van der Waals surface area (Å²) in [4.78, 5) is 12.2. The van der Waals surface area contributed by atoms with Gasteiger partial charge in [-0.25, -0.2) is 0 Å². The van der Waals surface area contributed by atoms with Crippen molar-refractivity contribution in [3.63, 3.8) is 0 Å². The molecule has 0 saturated carbocycles. The number of pyridine rings is 1. The molecule has 0 fully saturated rings. The first kappa shape index (κ1) is 16.2. The first-order valence-corrected chi connectivity index (χ1v) is 8.02. The van der Waals surface area contributed by atoms with Crippen molar-refractivity contribution in [2.24, 2.45) is 0 Å². The molecule has 0 bridgehead atoms. The lowest BCUT2D eigenvalue weighted by molar-refractivity contribution is -0.00745. The SMILES string of the molecule is CCNC1CCCc2c1ccc(=O)n2CCOC(C)(C)C. The molecule has 21 heavy (non-hydrogen) atoms. The van der Waals surface area contributed by atoms with Gasteiger partial charge in [-0.1, -0.05) is 13.0 Å². The van der Waals surface area contributed by atoms with Crippen molar-refractivity contribution in [3.8, 4) is 0 Å². The number of hydrogen-bond acceptors (Lipinski definition) is 3. The molecule has 1 unspecified atom stereocenters. The first-order valence-electron chi connectivity index (χ1n) is 8.02. The highest BCUT2D eigenvalue weighted by Gasteiger charge is 2.22. The summed E-state index contributed by atoms with van der Waals surface area (Å²) >= 11 is 0. The van der Waals surface area contributed by atoms with E-state index in [9.17, 15) is 4.79 Å². The number of aromatic nitrogens is 1. The molecule has 0 aromatic carbocycles. The highest BCUT2D eigenvalue weighted by molar-refractivity contribution is 5.27. The molecule has 0 aliphatic heterocycles. The molecule has 0 saturated heterocycles. The molecule has 0 spiro atoms. The maximum absolute atomic E-state index is 12.2. The normalized spacial score (nSPS) is 18.6. The van der Waals surface area contributed by atoms with E-state index in [4.69, 9.17) is 4.74 Å². The Hall–Kier alpha value is -1.13. The third kappa shape index (κ3) is 4.17. The summed E-state index contributed by atoms with van der Waals surface area (Å²) in [6.45, 7) is 10.4. The lowest BCUT2D eigenvalue weighted by Gasteiger charge is -2.29. The van der Waals surface area contributed by atoms with Gasteiger partial charge in [-0.05, 0) is 52.1 Å². The number of ether oxygens (including phenoxy) is 1. The predicted molar refractivity (Wildman–Crippen MR) is 85.8 cm³/mol. The van der Waals surface area contributed by atoms with E-state index in [2.05, 4.69) is 12.2 Å². The van der Waals surface area contributed by atoms with E-state index in [1.165, 1.54) is 11.3 Å². The minimum atomic E-state index is -0.162. The van der Waals surface area contributed by atoms with Crippen molar-refractivity contribution in [2.45, 2.75) is 65.1 Å². The van der Waals surface area contributed by atoms with Crippen LogP contribution in [0.5, 0.6) is 0 Å². The molecule has 4 heteroatoms. The molecule has 1 atom stereocenters. The van der Waals surface area contributed by atoms with Gasteiger partial charge in [0.15, 0.2) is 0 Å².